The van der Waals surface area contributed by atoms with Gasteiger partial charge in [-0.25, -0.2) is 4.79 Å². The molecule has 1 aliphatic rings. The van der Waals surface area contributed by atoms with E-state index in [0.29, 0.717) is 0 Å². The molecular weight excluding hydrogens is 210 g/mol. The molecule has 0 radical (unpaired) electrons. The molecule has 1 aromatic rings. The fraction of sp³-hybridized carbons (Fsp3) is 0.273. The van der Waals surface area contributed by atoms with Gasteiger partial charge in [-0.3, -0.25) is 4.79 Å². The third kappa shape index (κ3) is 2.13. The Morgan fingerprint density at radius 2 is 2.06 bits per heavy atom. The third-order valence-electron chi connectivity index (χ3n) is 2.31. The van der Waals surface area contributed by atoms with Crippen LogP contribution in [0.1, 0.15) is 33.6 Å². The molecule has 1 saturated carbocycles. The topological polar surface area (TPSA) is 89.6 Å². The van der Waals surface area contributed by atoms with Crippen LogP contribution in [-0.4, -0.2) is 23.1 Å². The third-order valence-corrected chi connectivity index (χ3v) is 2.31. The number of rotatable bonds is 4. The molecule has 1 fully saturated rings. The van der Waals surface area contributed by atoms with Gasteiger partial charge in [-0.05, 0) is 31.0 Å². The van der Waals surface area contributed by atoms with Crippen molar-refractivity contribution in [3.8, 4) is 5.75 Å². The molecule has 0 unspecified atom stereocenters. The molecule has 0 bridgehead atoms. The quantitative estimate of drug-likeness (QED) is 0.794. The van der Waals surface area contributed by atoms with E-state index in [9.17, 15) is 9.59 Å². The minimum absolute atomic E-state index is 0.0839. The van der Waals surface area contributed by atoms with Crippen molar-refractivity contribution in [1.82, 2.24) is 0 Å². The van der Waals surface area contributed by atoms with Gasteiger partial charge in [0.05, 0.1) is 17.2 Å². The Morgan fingerprint density at radius 3 is 2.56 bits per heavy atom. The minimum Gasteiger partial charge on any atom is -0.490 e. The second-order valence-electron chi connectivity index (χ2n) is 3.70. The Morgan fingerprint density at radius 1 is 1.38 bits per heavy atom. The fourth-order valence-electron chi connectivity index (χ4n) is 1.32. The van der Waals surface area contributed by atoms with E-state index >= 15 is 0 Å². The number of nitrogens with two attached hydrogens (primary N) is 1. The van der Waals surface area contributed by atoms with E-state index in [-0.39, 0.29) is 23.0 Å². The smallest absolute Gasteiger partial charge is 0.335 e. The lowest BCUT2D eigenvalue weighted by molar-refractivity contribution is 0.0695. The first-order valence-corrected chi connectivity index (χ1v) is 4.91. The van der Waals surface area contributed by atoms with Crippen LogP contribution in [0, 0.1) is 0 Å². The van der Waals surface area contributed by atoms with Crippen molar-refractivity contribution in [2.75, 3.05) is 0 Å². The van der Waals surface area contributed by atoms with Crippen molar-refractivity contribution in [2.45, 2.75) is 18.9 Å². The van der Waals surface area contributed by atoms with Crippen molar-refractivity contribution in [2.24, 2.45) is 5.73 Å². The summed E-state index contributed by atoms with van der Waals surface area (Å²) < 4.78 is 5.44. The van der Waals surface area contributed by atoms with E-state index in [1.165, 1.54) is 18.2 Å². The number of primary amides is 1. The summed E-state index contributed by atoms with van der Waals surface area (Å²) in [4.78, 5) is 21.9. The predicted octanol–water partition coefficient (Wildman–Crippen LogP) is 1.02. The summed E-state index contributed by atoms with van der Waals surface area (Å²) in [5.74, 6) is -1.42. The van der Waals surface area contributed by atoms with Crippen LogP contribution in [-0.2, 0) is 0 Å². The Hall–Kier alpha value is -2.04. The van der Waals surface area contributed by atoms with Crippen LogP contribution in [0.3, 0.4) is 0 Å². The molecule has 2 rings (SSSR count). The van der Waals surface area contributed by atoms with Gasteiger partial charge in [0.25, 0.3) is 5.91 Å². The van der Waals surface area contributed by atoms with E-state index in [2.05, 4.69) is 0 Å². The normalized spacial score (nSPS) is 14.5. The number of carbonyl (C=O) groups excluding carboxylic acids is 1. The number of hydrogen-bond donors (Lipinski definition) is 2. The number of amides is 1. The van der Waals surface area contributed by atoms with Crippen molar-refractivity contribution in [3.63, 3.8) is 0 Å². The zero-order chi connectivity index (χ0) is 11.7. The van der Waals surface area contributed by atoms with Gasteiger partial charge in [0.2, 0.25) is 0 Å². The summed E-state index contributed by atoms with van der Waals surface area (Å²) >= 11 is 0. The molecule has 0 aromatic heterocycles. The average Bonchev–Trinajstić information content (AvgIpc) is 3.01. The molecule has 0 saturated heterocycles. The van der Waals surface area contributed by atoms with Gasteiger partial charge in [-0.2, -0.15) is 0 Å². The average molecular weight is 221 g/mol. The summed E-state index contributed by atoms with van der Waals surface area (Å²) in [6, 6.07) is 4.05. The fourth-order valence-corrected chi connectivity index (χ4v) is 1.32. The molecule has 1 aliphatic carbocycles. The van der Waals surface area contributed by atoms with Crippen LogP contribution >= 0.6 is 0 Å². The summed E-state index contributed by atoms with van der Waals surface area (Å²) in [6.45, 7) is 0. The molecule has 0 heterocycles. The van der Waals surface area contributed by atoms with Crippen molar-refractivity contribution < 1.29 is 19.4 Å². The van der Waals surface area contributed by atoms with Crippen LogP contribution in [0.15, 0.2) is 18.2 Å². The molecule has 1 aromatic carbocycles. The summed E-state index contributed by atoms with van der Waals surface area (Å²) in [7, 11) is 0. The van der Waals surface area contributed by atoms with Crippen molar-refractivity contribution >= 4 is 11.9 Å². The molecule has 1 amide bonds. The largest absolute Gasteiger partial charge is 0.490 e. The maximum absolute atomic E-state index is 11.1. The number of carboxylic acids is 1. The summed E-state index contributed by atoms with van der Waals surface area (Å²) in [5, 5.41) is 8.82. The lowest BCUT2D eigenvalue weighted by atomic mass is 10.1. The monoisotopic (exact) mass is 221 g/mol. The number of carboxylic acid groups (broad SMARTS) is 1. The van der Waals surface area contributed by atoms with E-state index < -0.39 is 11.9 Å². The summed E-state index contributed by atoms with van der Waals surface area (Å²) in [5.41, 5.74) is 5.47. The van der Waals surface area contributed by atoms with Gasteiger partial charge in [0.15, 0.2) is 0 Å². The van der Waals surface area contributed by atoms with Gasteiger partial charge in [-0.15, -0.1) is 0 Å². The first-order chi connectivity index (χ1) is 7.58. The number of carbonyl (C=O) groups is 2. The van der Waals surface area contributed by atoms with Crippen LogP contribution in [0.2, 0.25) is 0 Å². The van der Waals surface area contributed by atoms with Crippen LogP contribution in [0.4, 0.5) is 0 Å². The first kappa shape index (κ1) is 10.5. The molecule has 3 N–H and O–H groups in total. The van der Waals surface area contributed by atoms with Crippen LogP contribution in [0.25, 0.3) is 0 Å². The van der Waals surface area contributed by atoms with Gasteiger partial charge < -0.3 is 15.6 Å². The van der Waals surface area contributed by atoms with E-state index in [0.717, 1.165) is 12.8 Å². The van der Waals surface area contributed by atoms with Crippen LogP contribution in [0.5, 0.6) is 5.75 Å². The molecule has 16 heavy (non-hydrogen) atoms. The SMILES string of the molecule is NC(=O)c1ccc(C(=O)O)cc1OC1CC1. The lowest BCUT2D eigenvalue weighted by Gasteiger charge is -2.09. The molecule has 5 heteroatoms. The second kappa shape index (κ2) is 3.84. The lowest BCUT2D eigenvalue weighted by Crippen LogP contribution is -2.14. The maximum atomic E-state index is 11.1. The zero-order valence-electron chi connectivity index (χ0n) is 8.47. The number of benzene rings is 1. The van der Waals surface area contributed by atoms with Gasteiger partial charge in [0, 0.05) is 0 Å². The predicted molar refractivity (Wildman–Crippen MR) is 55.6 cm³/mol. The van der Waals surface area contributed by atoms with Crippen molar-refractivity contribution in [3.05, 3.63) is 29.3 Å². The number of hydrogen-bond acceptors (Lipinski definition) is 3. The van der Waals surface area contributed by atoms with Gasteiger partial charge >= 0.3 is 5.97 Å². The number of ether oxygens (including phenoxy) is 1. The first-order valence-electron chi connectivity index (χ1n) is 4.91. The highest BCUT2D eigenvalue weighted by Crippen LogP contribution is 2.29. The molecule has 0 aliphatic heterocycles. The van der Waals surface area contributed by atoms with Gasteiger partial charge in [0.1, 0.15) is 5.75 Å². The minimum atomic E-state index is -1.06. The molecular formula is C11H11NO4. The van der Waals surface area contributed by atoms with E-state index in [4.69, 9.17) is 15.6 Å². The Kier molecular flexibility index (Phi) is 2.52. The van der Waals surface area contributed by atoms with Crippen molar-refractivity contribution in [1.29, 1.82) is 0 Å². The van der Waals surface area contributed by atoms with E-state index in [1.54, 1.807) is 0 Å². The van der Waals surface area contributed by atoms with E-state index in [1.807, 2.05) is 0 Å². The highest BCUT2D eigenvalue weighted by atomic mass is 16.5. The highest BCUT2D eigenvalue weighted by Gasteiger charge is 2.25. The highest BCUT2D eigenvalue weighted by molar-refractivity contribution is 5.97. The Labute approximate surface area is 91.8 Å². The Bertz CT molecular complexity index is 451. The Balaban J connectivity index is 2.37. The summed E-state index contributed by atoms with van der Waals surface area (Å²) in [6.07, 6.45) is 1.94. The standard InChI is InChI=1S/C11H11NO4/c12-10(13)8-4-1-6(11(14)15)5-9(8)16-7-2-3-7/h1,4-5,7H,2-3H2,(H2,12,13)(H,14,15). The molecule has 0 atom stereocenters. The maximum Gasteiger partial charge on any atom is 0.335 e. The second-order valence-corrected chi connectivity index (χ2v) is 3.70. The van der Waals surface area contributed by atoms with Crippen LogP contribution < -0.4 is 10.5 Å². The molecule has 0 spiro atoms. The molecule has 84 valence electrons. The molecule has 5 nitrogen and oxygen atoms in total. The zero-order valence-corrected chi connectivity index (χ0v) is 8.47. The van der Waals surface area contributed by atoms with Gasteiger partial charge in [-0.1, -0.05) is 0 Å². The number of aromatic carboxylic acids is 1.